The molecule has 24 heavy (non-hydrogen) atoms. The molecule has 1 aromatic carbocycles. The first-order valence-corrected chi connectivity index (χ1v) is 8.20. The topological polar surface area (TPSA) is 71.7 Å². The molecule has 0 atom stereocenters. The van der Waals surface area contributed by atoms with Crippen molar-refractivity contribution in [1.82, 2.24) is 5.32 Å². The van der Waals surface area contributed by atoms with E-state index < -0.39 is 0 Å². The minimum atomic E-state index is -0.361. The number of carbonyl (C=O) groups is 1. The number of furan rings is 1. The summed E-state index contributed by atoms with van der Waals surface area (Å²) >= 11 is 6.19. The molecule has 0 spiro atoms. The summed E-state index contributed by atoms with van der Waals surface area (Å²) in [6.45, 7) is 6.36. The van der Waals surface area contributed by atoms with E-state index in [0.29, 0.717) is 10.8 Å². The Balaban J connectivity index is 2.07. The highest BCUT2D eigenvalue weighted by Crippen LogP contribution is 2.32. The lowest BCUT2D eigenvalue weighted by Gasteiger charge is -2.15. The number of hydrogen-bond donors (Lipinski definition) is 2. The molecular formula is C18H22ClNO4. The first-order chi connectivity index (χ1) is 11.4. The van der Waals surface area contributed by atoms with Crippen LogP contribution in [0.5, 0.6) is 5.75 Å². The highest BCUT2D eigenvalue weighted by molar-refractivity contribution is 6.31. The van der Waals surface area contributed by atoms with Gasteiger partial charge < -0.3 is 19.6 Å². The summed E-state index contributed by atoms with van der Waals surface area (Å²) in [5.41, 5.74) is 1.97. The van der Waals surface area contributed by atoms with Gasteiger partial charge in [-0.15, -0.1) is 0 Å². The van der Waals surface area contributed by atoms with Gasteiger partial charge in [-0.3, -0.25) is 4.79 Å². The molecule has 1 amide bonds. The lowest BCUT2D eigenvalue weighted by molar-refractivity contribution is 0.0913. The van der Waals surface area contributed by atoms with E-state index in [9.17, 15) is 4.79 Å². The average Bonchev–Trinajstić information content (AvgIpc) is 3.02. The molecule has 0 aliphatic heterocycles. The van der Waals surface area contributed by atoms with Crippen molar-refractivity contribution in [2.24, 2.45) is 0 Å². The Morgan fingerprint density at radius 2 is 2.12 bits per heavy atom. The molecule has 1 heterocycles. The van der Waals surface area contributed by atoms with Crippen LogP contribution in [0.4, 0.5) is 0 Å². The van der Waals surface area contributed by atoms with E-state index in [1.807, 2.05) is 19.1 Å². The maximum Gasteiger partial charge on any atom is 0.287 e. The second kappa shape index (κ2) is 8.22. The fourth-order valence-electron chi connectivity index (χ4n) is 2.23. The maximum absolute atomic E-state index is 11.7. The molecule has 2 N–H and O–H groups in total. The zero-order valence-corrected chi connectivity index (χ0v) is 14.8. The van der Waals surface area contributed by atoms with Gasteiger partial charge in [0.1, 0.15) is 18.1 Å². The summed E-state index contributed by atoms with van der Waals surface area (Å²) in [5, 5.41) is 12.0. The second-order valence-electron chi connectivity index (χ2n) is 5.83. The number of aliphatic hydroxyl groups is 1. The van der Waals surface area contributed by atoms with Crippen LogP contribution in [-0.2, 0) is 6.61 Å². The van der Waals surface area contributed by atoms with Gasteiger partial charge in [0.15, 0.2) is 5.76 Å². The number of benzene rings is 1. The van der Waals surface area contributed by atoms with Crippen LogP contribution < -0.4 is 10.1 Å². The van der Waals surface area contributed by atoms with Crippen LogP contribution >= 0.6 is 11.6 Å². The van der Waals surface area contributed by atoms with Crippen LogP contribution in [0.1, 0.15) is 47.2 Å². The molecule has 1 aromatic heterocycles. The zero-order valence-electron chi connectivity index (χ0n) is 14.1. The van der Waals surface area contributed by atoms with E-state index in [1.54, 1.807) is 12.1 Å². The number of carbonyl (C=O) groups excluding carboxylic acids is 1. The fourth-order valence-corrected chi connectivity index (χ4v) is 2.40. The molecule has 0 saturated heterocycles. The first kappa shape index (κ1) is 18.4. The van der Waals surface area contributed by atoms with Crippen molar-refractivity contribution in [1.29, 1.82) is 0 Å². The average molecular weight is 352 g/mol. The van der Waals surface area contributed by atoms with Crippen LogP contribution in [0.2, 0.25) is 5.02 Å². The molecule has 0 saturated carbocycles. The predicted molar refractivity (Wildman–Crippen MR) is 92.7 cm³/mol. The largest absolute Gasteiger partial charge is 0.485 e. The van der Waals surface area contributed by atoms with E-state index in [2.05, 4.69) is 19.2 Å². The molecule has 0 bridgehead atoms. The summed E-state index contributed by atoms with van der Waals surface area (Å²) in [6.07, 6.45) is 0. The van der Waals surface area contributed by atoms with Crippen LogP contribution in [-0.4, -0.2) is 24.2 Å². The smallest absolute Gasteiger partial charge is 0.287 e. The molecule has 5 nitrogen and oxygen atoms in total. The fraction of sp³-hybridized carbons (Fsp3) is 0.389. The van der Waals surface area contributed by atoms with E-state index in [1.165, 1.54) is 0 Å². The quantitative estimate of drug-likeness (QED) is 0.798. The Labute approximate surface area is 146 Å². The molecule has 0 fully saturated rings. The van der Waals surface area contributed by atoms with Crippen molar-refractivity contribution in [3.05, 3.63) is 51.9 Å². The Hall–Kier alpha value is -1.98. The molecule has 0 unspecified atom stereocenters. The number of rotatable bonds is 7. The van der Waals surface area contributed by atoms with Gasteiger partial charge in [0.05, 0.1) is 6.61 Å². The minimum Gasteiger partial charge on any atom is -0.485 e. The number of ether oxygens (including phenoxy) is 1. The number of hydrogen-bond acceptors (Lipinski definition) is 4. The van der Waals surface area contributed by atoms with Crippen LogP contribution in [0.15, 0.2) is 28.7 Å². The Morgan fingerprint density at radius 1 is 1.38 bits per heavy atom. The second-order valence-corrected chi connectivity index (χ2v) is 6.24. The Kier molecular flexibility index (Phi) is 6.29. The molecule has 2 rings (SSSR count). The predicted octanol–water partition coefficient (Wildman–Crippen LogP) is 3.67. The zero-order chi connectivity index (χ0) is 17.7. The van der Waals surface area contributed by atoms with E-state index in [4.69, 9.17) is 25.9 Å². The van der Waals surface area contributed by atoms with Crippen molar-refractivity contribution in [2.75, 3.05) is 13.2 Å². The summed E-state index contributed by atoms with van der Waals surface area (Å²) in [6, 6.07) is 7.12. The molecule has 0 radical (unpaired) electrons. The van der Waals surface area contributed by atoms with Gasteiger partial charge >= 0.3 is 0 Å². The Morgan fingerprint density at radius 3 is 2.79 bits per heavy atom. The van der Waals surface area contributed by atoms with E-state index in [0.717, 1.165) is 16.9 Å². The summed E-state index contributed by atoms with van der Waals surface area (Å²) in [5.74, 6) is 1.41. The Bertz CT molecular complexity index is 709. The molecular weight excluding hydrogens is 330 g/mol. The van der Waals surface area contributed by atoms with Crippen molar-refractivity contribution in [3.63, 3.8) is 0 Å². The number of nitrogens with one attached hydrogen (secondary N) is 1. The van der Waals surface area contributed by atoms with Gasteiger partial charge in [-0.2, -0.15) is 0 Å². The molecule has 0 aliphatic carbocycles. The standard InChI is InChI=1S/C18H22ClNO4/c1-11(2)14-9-15(19)12(3)8-17(14)23-10-13-4-5-16(24-13)18(22)20-6-7-21/h4-5,8-9,11,21H,6-7,10H2,1-3H3,(H,20,22). The molecule has 130 valence electrons. The molecule has 2 aromatic rings. The third-order valence-corrected chi connectivity index (χ3v) is 3.97. The van der Waals surface area contributed by atoms with E-state index in [-0.39, 0.29) is 37.3 Å². The normalized spacial score (nSPS) is 10.9. The molecule has 6 heteroatoms. The van der Waals surface area contributed by atoms with Crippen molar-refractivity contribution >= 4 is 17.5 Å². The van der Waals surface area contributed by atoms with Gasteiger partial charge in [-0.05, 0) is 48.2 Å². The highest BCUT2D eigenvalue weighted by atomic mass is 35.5. The van der Waals surface area contributed by atoms with Crippen molar-refractivity contribution in [3.8, 4) is 5.75 Å². The van der Waals surface area contributed by atoms with Crippen LogP contribution in [0, 0.1) is 6.92 Å². The SMILES string of the molecule is Cc1cc(OCc2ccc(C(=O)NCCO)o2)c(C(C)C)cc1Cl. The van der Waals surface area contributed by atoms with Crippen LogP contribution in [0.3, 0.4) is 0 Å². The molecule has 0 aliphatic rings. The summed E-state index contributed by atoms with van der Waals surface area (Å²) in [7, 11) is 0. The van der Waals surface area contributed by atoms with E-state index >= 15 is 0 Å². The lowest BCUT2D eigenvalue weighted by Crippen LogP contribution is -2.25. The first-order valence-electron chi connectivity index (χ1n) is 7.83. The summed E-state index contributed by atoms with van der Waals surface area (Å²) < 4.78 is 11.3. The van der Waals surface area contributed by atoms with Gasteiger partial charge in [-0.25, -0.2) is 0 Å². The number of aliphatic hydroxyl groups excluding tert-OH is 1. The van der Waals surface area contributed by atoms with Gasteiger partial charge in [0.2, 0.25) is 0 Å². The van der Waals surface area contributed by atoms with Crippen molar-refractivity contribution in [2.45, 2.75) is 33.3 Å². The lowest BCUT2D eigenvalue weighted by atomic mass is 10.0. The number of halogens is 1. The maximum atomic E-state index is 11.7. The minimum absolute atomic E-state index is 0.115. The number of amides is 1. The van der Waals surface area contributed by atoms with Crippen molar-refractivity contribution < 1.29 is 19.1 Å². The van der Waals surface area contributed by atoms with Gasteiger partial charge in [0, 0.05) is 11.6 Å². The monoisotopic (exact) mass is 351 g/mol. The van der Waals surface area contributed by atoms with Gasteiger partial charge in [0.25, 0.3) is 5.91 Å². The third-order valence-electron chi connectivity index (χ3n) is 3.57. The third kappa shape index (κ3) is 4.52. The van der Waals surface area contributed by atoms with Gasteiger partial charge in [-0.1, -0.05) is 25.4 Å². The summed E-state index contributed by atoms with van der Waals surface area (Å²) in [4.78, 5) is 11.7. The van der Waals surface area contributed by atoms with Crippen LogP contribution in [0.25, 0.3) is 0 Å². The number of aryl methyl sites for hydroxylation is 1. The highest BCUT2D eigenvalue weighted by Gasteiger charge is 2.14.